The van der Waals surface area contributed by atoms with E-state index in [-0.39, 0.29) is 18.0 Å². The summed E-state index contributed by atoms with van der Waals surface area (Å²) >= 11 is 0. The fraction of sp³-hybridized carbons (Fsp3) is 0.583. The molecule has 100 valence electrons. The van der Waals surface area contributed by atoms with Crippen molar-refractivity contribution >= 4 is 11.9 Å². The van der Waals surface area contributed by atoms with Gasteiger partial charge in [-0.2, -0.15) is 0 Å². The van der Waals surface area contributed by atoms with Crippen LogP contribution in [-0.2, 0) is 11.2 Å². The SMILES string of the molecule is CCc1ocnc1C(=O)NC(C)(C)CCC(=O)O. The number of carbonyl (C=O) groups excluding carboxylic acids is 1. The highest BCUT2D eigenvalue weighted by atomic mass is 16.4. The monoisotopic (exact) mass is 254 g/mol. The molecule has 0 spiro atoms. The Morgan fingerprint density at radius 2 is 2.17 bits per heavy atom. The maximum atomic E-state index is 12.0. The summed E-state index contributed by atoms with van der Waals surface area (Å²) in [7, 11) is 0. The summed E-state index contributed by atoms with van der Waals surface area (Å²) in [5.41, 5.74) is -0.333. The molecule has 18 heavy (non-hydrogen) atoms. The topological polar surface area (TPSA) is 92.4 Å². The minimum absolute atomic E-state index is 0.00668. The second kappa shape index (κ2) is 5.66. The second-order valence-corrected chi connectivity index (χ2v) is 4.71. The minimum Gasteiger partial charge on any atom is -0.481 e. The predicted molar refractivity (Wildman–Crippen MR) is 64.3 cm³/mol. The van der Waals surface area contributed by atoms with Gasteiger partial charge in [0.15, 0.2) is 12.1 Å². The molecule has 0 saturated heterocycles. The van der Waals surface area contributed by atoms with Gasteiger partial charge in [-0.25, -0.2) is 4.98 Å². The standard InChI is InChI=1S/C12H18N2O4/c1-4-8-10(13-7-18-8)11(17)14-12(2,3)6-5-9(15)16/h7H,4-6H2,1-3H3,(H,14,17)(H,15,16). The lowest BCUT2D eigenvalue weighted by atomic mass is 9.98. The molecule has 6 heteroatoms. The summed E-state index contributed by atoms with van der Waals surface area (Å²) in [6.07, 6.45) is 2.18. The number of carboxylic acid groups (broad SMARTS) is 1. The van der Waals surface area contributed by atoms with E-state index in [1.165, 1.54) is 6.39 Å². The molecule has 0 bridgehead atoms. The van der Waals surface area contributed by atoms with E-state index >= 15 is 0 Å². The number of carbonyl (C=O) groups is 2. The highest BCUT2D eigenvalue weighted by Crippen LogP contribution is 2.14. The average molecular weight is 254 g/mol. The largest absolute Gasteiger partial charge is 0.481 e. The Morgan fingerprint density at radius 3 is 2.72 bits per heavy atom. The summed E-state index contributed by atoms with van der Waals surface area (Å²) in [4.78, 5) is 26.4. The van der Waals surface area contributed by atoms with Gasteiger partial charge in [0.2, 0.25) is 0 Å². The Kier molecular flexibility index (Phi) is 4.47. The normalized spacial score (nSPS) is 11.3. The Bertz CT molecular complexity index is 437. The minimum atomic E-state index is -0.881. The zero-order valence-electron chi connectivity index (χ0n) is 10.8. The lowest BCUT2D eigenvalue weighted by Crippen LogP contribution is -2.44. The molecule has 0 saturated carbocycles. The van der Waals surface area contributed by atoms with Crippen LogP contribution in [0.15, 0.2) is 10.8 Å². The first-order chi connectivity index (χ1) is 8.35. The Hall–Kier alpha value is -1.85. The van der Waals surface area contributed by atoms with Gasteiger partial charge < -0.3 is 14.8 Å². The van der Waals surface area contributed by atoms with Gasteiger partial charge in [-0.1, -0.05) is 6.92 Å². The van der Waals surface area contributed by atoms with Gasteiger partial charge in [-0.3, -0.25) is 9.59 Å². The van der Waals surface area contributed by atoms with Crippen LogP contribution in [0.5, 0.6) is 0 Å². The molecule has 0 aliphatic heterocycles. The molecule has 2 N–H and O–H groups in total. The molecule has 1 amide bonds. The van der Waals surface area contributed by atoms with E-state index in [4.69, 9.17) is 9.52 Å². The van der Waals surface area contributed by atoms with E-state index in [0.29, 0.717) is 18.6 Å². The van der Waals surface area contributed by atoms with Crippen LogP contribution in [0.3, 0.4) is 0 Å². The van der Waals surface area contributed by atoms with Crippen molar-refractivity contribution in [3.8, 4) is 0 Å². The van der Waals surface area contributed by atoms with Crippen LogP contribution in [0.4, 0.5) is 0 Å². The highest BCUT2D eigenvalue weighted by molar-refractivity contribution is 5.93. The van der Waals surface area contributed by atoms with Crippen molar-refractivity contribution < 1.29 is 19.1 Å². The number of oxazole rings is 1. The Labute approximate surface area is 105 Å². The first kappa shape index (κ1) is 14.2. The van der Waals surface area contributed by atoms with Gasteiger partial charge in [0.1, 0.15) is 5.76 Å². The number of rotatable bonds is 6. The number of aromatic nitrogens is 1. The number of nitrogens with one attached hydrogen (secondary N) is 1. The average Bonchev–Trinajstić information content (AvgIpc) is 2.74. The Morgan fingerprint density at radius 1 is 1.50 bits per heavy atom. The lowest BCUT2D eigenvalue weighted by Gasteiger charge is -2.25. The van der Waals surface area contributed by atoms with E-state index in [1.807, 2.05) is 6.92 Å². The molecule has 1 rings (SSSR count). The van der Waals surface area contributed by atoms with E-state index in [2.05, 4.69) is 10.3 Å². The molecule has 0 fully saturated rings. The molecule has 0 aliphatic rings. The molecule has 6 nitrogen and oxygen atoms in total. The molecule has 0 aromatic carbocycles. The number of amides is 1. The van der Waals surface area contributed by atoms with Crippen molar-refractivity contribution in [1.82, 2.24) is 10.3 Å². The van der Waals surface area contributed by atoms with Crippen molar-refractivity contribution in [1.29, 1.82) is 0 Å². The molecular formula is C12H18N2O4. The third-order valence-electron chi connectivity index (χ3n) is 2.59. The van der Waals surface area contributed by atoms with Gasteiger partial charge in [-0.15, -0.1) is 0 Å². The highest BCUT2D eigenvalue weighted by Gasteiger charge is 2.24. The number of carboxylic acids is 1. The van der Waals surface area contributed by atoms with E-state index in [0.717, 1.165) is 0 Å². The van der Waals surface area contributed by atoms with Gasteiger partial charge in [0.25, 0.3) is 5.91 Å². The second-order valence-electron chi connectivity index (χ2n) is 4.71. The van der Waals surface area contributed by atoms with Gasteiger partial charge >= 0.3 is 5.97 Å². The fourth-order valence-electron chi connectivity index (χ4n) is 1.55. The molecule has 0 unspecified atom stereocenters. The van der Waals surface area contributed by atoms with E-state index in [9.17, 15) is 9.59 Å². The van der Waals surface area contributed by atoms with Crippen molar-refractivity contribution in [2.24, 2.45) is 0 Å². The molecule has 1 aromatic rings. The zero-order valence-corrected chi connectivity index (χ0v) is 10.8. The van der Waals surface area contributed by atoms with Crippen LogP contribution >= 0.6 is 0 Å². The quantitative estimate of drug-likeness (QED) is 0.804. The van der Waals surface area contributed by atoms with Gasteiger partial charge in [0, 0.05) is 18.4 Å². The summed E-state index contributed by atoms with van der Waals surface area (Å²) in [5, 5.41) is 11.4. The molecule has 0 radical (unpaired) electrons. The maximum absolute atomic E-state index is 12.0. The third kappa shape index (κ3) is 3.87. The van der Waals surface area contributed by atoms with Crippen molar-refractivity contribution in [2.45, 2.75) is 45.6 Å². The summed E-state index contributed by atoms with van der Waals surface area (Å²) in [6, 6.07) is 0. The van der Waals surface area contributed by atoms with Crippen LogP contribution in [0.2, 0.25) is 0 Å². The maximum Gasteiger partial charge on any atom is 0.303 e. The molecule has 1 aromatic heterocycles. The van der Waals surface area contributed by atoms with Crippen LogP contribution in [-0.4, -0.2) is 27.5 Å². The van der Waals surface area contributed by atoms with Crippen molar-refractivity contribution in [3.63, 3.8) is 0 Å². The number of aliphatic carboxylic acids is 1. The van der Waals surface area contributed by atoms with Crippen LogP contribution < -0.4 is 5.32 Å². The number of nitrogens with zero attached hydrogens (tertiary/aromatic N) is 1. The van der Waals surface area contributed by atoms with Crippen LogP contribution in [0.1, 0.15) is 49.9 Å². The molecule has 1 heterocycles. The summed E-state index contributed by atoms with van der Waals surface area (Å²) in [5.74, 6) is -0.689. The molecular weight excluding hydrogens is 236 g/mol. The third-order valence-corrected chi connectivity index (χ3v) is 2.59. The first-order valence-electron chi connectivity index (χ1n) is 5.82. The van der Waals surface area contributed by atoms with Crippen molar-refractivity contribution in [3.05, 3.63) is 17.8 Å². The summed E-state index contributed by atoms with van der Waals surface area (Å²) < 4.78 is 5.08. The number of aryl methyl sites for hydroxylation is 1. The van der Waals surface area contributed by atoms with Crippen LogP contribution in [0.25, 0.3) is 0 Å². The first-order valence-corrected chi connectivity index (χ1v) is 5.82. The molecule has 0 atom stereocenters. The lowest BCUT2D eigenvalue weighted by molar-refractivity contribution is -0.137. The fourth-order valence-corrected chi connectivity index (χ4v) is 1.55. The smallest absolute Gasteiger partial charge is 0.303 e. The summed E-state index contributed by atoms with van der Waals surface area (Å²) in [6.45, 7) is 5.42. The Balaban J connectivity index is 2.66. The van der Waals surface area contributed by atoms with Crippen LogP contribution in [0, 0.1) is 0 Å². The number of hydrogen-bond acceptors (Lipinski definition) is 4. The zero-order chi connectivity index (χ0) is 13.8. The van der Waals surface area contributed by atoms with Gasteiger partial charge in [-0.05, 0) is 20.3 Å². The van der Waals surface area contributed by atoms with Gasteiger partial charge in [0.05, 0.1) is 0 Å². The number of hydrogen-bond donors (Lipinski definition) is 2. The predicted octanol–water partition coefficient (Wildman–Crippen LogP) is 1.61. The van der Waals surface area contributed by atoms with Crippen molar-refractivity contribution in [2.75, 3.05) is 0 Å². The van der Waals surface area contributed by atoms with E-state index < -0.39 is 11.5 Å². The molecule has 0 aliphatic carbocycles. The van der Waals surface area contributed by atoms with E-state index in [1.54, 1.807) is 13.8 Å².